The second-order valence-corrected chi connectivity index (χ2v) is 2.00. The largest absolute Gasteiger partial charge is 0.322 e. The maximum Gasteiger partial charge on any atom is 0.113 e. The van der Waals surface area contributed by atoms with Gasteiger partial charge in [-0.05, 0) is 12.1 Å². The van der Waals surface area contributed by atoms with E-state index in [-0.39, 0.29) is 0 Å². The van der Waals surface area contributed by atoms with Crippen molar-refractivity contribution in [2.75, 3.05) is 12.5 Å². The summed E-state index contributed by atoms with van der Waals surface area (Å²) in [5, 5.41) is 0. The monoisotopic (exact) mass is 132 g/mol. The van der Waals surface area contributed by atoms with Crippen LogP contribution in [0.4, 0.5) is 5.69 Å². The Labute approximate surface area is 62.0 Å². The molecule has 0 saturated carbocycles. The van der Waals surface area contributed by atoms with Crippen LogP contribution in [0.2, 0.25) is 0 Å². The Morgan fingerprint density at radius 1 is 1.40 bits per heavy atom. The number of nitrogens with one attached hydrogen (secondary N) is 2. The maximum absolute atomic E-state index is 5.52. The predicted molar refractivity (Wildman–Crippen MR) is 44.5 cm³/mol. The molecule has 3 heteroatoms. The first-order valence-electron chi connectivity index (χ1n) is 3.11. The van der Waals surface area contributed by atoms with Gasteiger partial charge in [-0.15, -0.1) is 0 Å². The van der Waals surface area contributed by atoms with Crippen LogP contribution in [0.1, 0.15) is 0 Å². The van der Waals surface area contributed by atoms with E-state index in [2.05, 4.69) is 10.9 Å². The average Bonchev–Trinajstić information content (AvgIpc) is 1.88. The second kappa shape index (κ2) is 3.27. The topological polar surface area (TPSA) is 24.1 Å². The van der Waals surface area contributed by atoms with E-state index in [1.807, 2.05) is 31.3 Å². The minimum absolute atomic E-state index is 0.764. The lowest BCUT2D eigenvalue weighted by molar-refractivity contribution is 0.985. The molecule has 50 valence electrons. The Bertz CT molecular complexity index is 213. The first-order chi connectivity index (χ1) is 4.83. The lowest BCUT2D eigenvalue weighted by Crippen LogP contribution is -2.16. The van der Waals surface area contributed by atoms with Crippen molar-refractivity contribution < 1.29 is 0 Å². The Kier molecular flexibility index (Phi) is 2.34. The summed E-state index contributed by atoms with van der Waals surface area (Å²) in [5.41, 5.74) is 7.46. The Morgan fingerprint density at radius 3 is 2.80 bits per heavy atom. The highest BCUT2D eigenvalue weighted by Crippen LogP contribution is 1.99. The van der Waals surface area contributed by atoms with Gasteiger partial charge in [-0.25, -0.2) is 5.43 Å². The Balaban J connectivity index is 2.75. The molecule has 0 heterocycles. The number of benzene rings is 1. The number of hydrazine groups is 1. The second-order valence-electron chi connectivity index (χ2n) is 2.00. The highest BCUT2D eigenvalue weighted by atomic mass is 15.3. The van der Waals surface area contributed by atoms with E-state index < -0.39 is 0 Å². The fraction of sp³-hybridized carbons (Fsp3) is 0.143. The minimum Gasteiger partial charge on any atom is -0.322 e. The van der Waals surface area contributed by atoms with E-state index in [0.717, 1.165) is 11.2 Å². The highest BCUT2D eigenvalue weighted by Gasteiger charge is 1.86. The quantitative estimate of drug-likeness (QED) is 0.438. The predicted octanol–water partition coefficient (Wildman–Crippen LogP) is 0.0267. The number of anilines is 1. The van der Waals surface area contributed by atoms with Gasteiger partial charge in [0.1, 0.15) is 7.85 Å². The molecule has 0 saturated heterocycles. The summed E-state index contributed by atoms with van der Waals surface area (Å²) in [5.74, 6) is 0. The highest BCUT2D eigenvalue weighted by molar-refractivity contribution is 6.32. The van der Waals surface area contributed by atoms with E-state index >= 15 is 0 Å². The fourth-order valence-electron chi connectivity index (χ4n) is 0.761. The molecule has 0 aliphatic carbocycles. The molecule has 0 aliphatic rings. The van der Waals surface area contributed by atoms with Crippen LogP contribution < -0.4 is 16.3 Å². The van der Waals surface area contributed by atoms with E-state index in [1.165, 1.54) is 0 Å². The Hall–Kier alpha value is -0.955. The van der Waals surface area contributed by atoms with Gasteiger partial charge in [-0.1, -0.05) is 17.6 Å². The van der Waals surface area contributed by atoms with E-state index in [4.69, 9.17) is 7.85 Å². The van der Waals surface area contributed by atoms with Crippen LogP contribution in [0.25, 0.3) is 0 Å². The zero-order valence-corrected chi connectivity index (χ0v) is 5.89. The normalized spacial score (nSPS) is 9.30. The summed E-state index contributed by atoms with van der Waals surface area (Å²) in [7, 11) is 7.33. The number of hydrogen-bond donors (Lipinski definition) is 2. The molecule has 10 heavy (non-hydrogen) atoms. The van der Waals surface area contributed by atoms with Crippen molar-refractivity contribution in [1.29, 1.82) is 0 Å². The van der Waals surface area contributed by atoms with E-state index in [0.29, 0.717) is 0 Å². The summed E-state index contributed by atoms with van der Waals surface area (Å²) in [6.45, 7) is 0. The van der Waals surface area contributed by atoms with Crippen LogP contribution >= 0.6 is 0 Å². The molecular weight excluding hydrogens is 123 g/mol. The van der Waals surface area contributed by atoms with Crippen molar-refractivity contribution in [2.45, 2.75) is 0 Å². The van der Waals surface area contributed by atoms with Gasteiger partial charge in [0.05, 0.1) is 0 Å². The molecule has 0 fully saturated rings. The SMILES string of the molecule is [B]c1cccc(NNC)c1. The molecule has 1 aromatic carbocycles. The van der Waals surface area contributed by atoms with Gasteiger partial charge in [0.15, 0.2) is 0 Å². The Morgan fingerprint density at radius 2 is 2.20 bits per heavy atom. The standard InChI is InChI=1S/C7H9BN2/c1-9-10-7-4-2-3-6(8)5-7/h2-5,9-10H,1H3. The molecule has 0 atom stereocenters. The van der Waals surface area contributed by atoms with Crippen LogP contribution in [0.15, 0.2) is 24.3 Å². The van der Waals surface area contributed by atoms with Crippen molar-refractivity contribution in [3.63, 3.8) is 0 Å². The molecule has 1 rings (SSSR count). The van der Waals surface area contributed by atoms with Crippen LogP contribution in [0.5, 0.6) is 0 Å². The van der Waals surface area contributed by atoms with Gasteiger partial charge in [0.25, 0.3) is 0 Å². The summed E-state index contributed by atoms with van der Waals surface area (Å²) in [4.78, 5) is 0. The summed E-state index contributed by atoms with van der Waals surface area (Å²) in [6.07, 6.45) is 0. The first-order valence-corrected chi connectivity index (χ1v) is 3.11. The van der Waals surface area contributed by atoms with Crippen molar-refractivity contribution in [1.82, 2.24) is 5.43 Å². The van der Waals surface area contributed by atoms with Crippen LogP contribution in [-0.4, -0.2) is 14.9 Å². The van der Waals surface area contributed by atoms with Crippen molar-refractivity contribution in [2.24, 2.45) is 0 Å². The van der Waals surface area contributed by atoms with Gasteiger partial charge in [0, 0.05) is 12.7 Å². The molecular formula is C7H9BN2. The van der Waals surface area contributed by atoms with E-state index in [9.17, 15) is 0 Å². The van der Waals surface area contributed by atoms with Gasteiger partial charge >= 0.3 is 0 Å². The third-order valence-corrected chi connectivity index (χ3v) is 1.16. The fourth-order valence-corrected chi connectivity index (χ4v) is 0.761. The molecule has 2 N–H and O–H groups in total. The summed E-state index contributed by atoms with van der Waals surface area (Å²) >= 11 is 0. The first kappa shape index (κ1) is 7.16. The van der Waals surface area contributed by atoms with Crippen molar-refractivity contribution >= 4 is 19.0 Å². The molecule has 0 amide bonds. The van der Waals surface area contributed by atoms with Crippen LogP contribution in [0, 0.1) is 0 Å². The van der Waals surface area contributed by atoms with Crippen LogP contribution in [-0.2, 0) is 0 Å². The zero-order chi connectivity index (χ0) is 7.40. The molecule has 2 nitrogen and oxygen atoms in total. The summed E-state index contributed by atoms with van der Waals surface area (Å²) in [6, 6.07) is 7.54. The molecule has 0 unspecified atom stereocenters. The third kappa shape index (κ3) is 1.77. The molecule has 0 aliphatic heterocycles. The smallest absolute Gasteiger partial charge is 0.113 e. The zero-order valence-electron chi connectivity index (χ0n) is 5.89. The number of hydrogen-bond acceptors (Lipinski definition) is 2. The van der Waals surface area contributed by atoms with Gasteiger partial charge in [0.2, 0.25) is 0 Å². The summed E-state index contributed by atoms with van der Waals surface area (Å²) < 4.78 is 0. The maximum atomic E-state index is 5.52. The lowest BCUT2D eigenvalue weighted by Gasteiger charge is -2.03. The molecule has 0 spiro atoms. The van der Waals surface area contributed by atoms with Gasteiger partial charge in [-0.2, -0.15) is 0 Å². The number of rotatable bonds is 2. The average molecular weight is 132 g/mol. The van der Waals surface area contributed by atoms with E-state index in [1.54, 1.807) is 0 Å². The van der Waals surface area contributed by atoms with Crippen molar-refractivity contribution in [3.05, 3.63) is 24.3 Å². The third-order valence-electron chi connectivity index (χ3n) is 1.16. The lowest BCUT2D eigenvalue weighted by atomic mass is 9.96. The minimum atomic E-state index is 0.764. The van der Waals surface area contributed by atoms with Crippen molar-refractivity contribution in [3.8, 4) is 0 Å². The van der Waals surface area contributed by atoms with Crippen LogP contribution in [0.3, 0.4) is 0 Å². The molecule has 1 aromatic rings. The molecule has 2 radical (unpaired) electrons. The molecule has 0 aromatic heterocycles. The molecule has 0 bridgehead atoms. The van der Waals surface area contributed by atoms with Gasteiger partial charge < -0.3 is 5.43 Å². The van der Waals surface area contributed by atoms with Gasteiger partial charge in [-0.3, -0.25) is 0 Å².